The first-order valence-electron chi connectivity index (χ1n) is 10.3. The first-order chi connectivity index (χ1) is 13.5. The van der Waals surface area contributed by atoms with Gasteiger partial charge in [0.1, 0.15) is 0 Å². The van der Waals surface area contributed by atoms with Crippen LogP contribution in [0.15, 0.2) is 6.20 Å². The third-order valence-corrected chi connectivity index (χ3v) is 6.03. The van der Waals surface area contributed by atoms with E-state index in [2.05, 4.69) is 15.3 Å². The summed E-state index contributed by atoms with van der Waals surface area (Å²) in [6.07, 6.45) is 7.23. The first kappa shape index (κ1) is 20.9. The second-order valence-corrected chi connectivity index (χ2v) is 8.05. The zero-order valence-electron chi connectivity index (χ0n) is 16.4. The van der Waals surface area contributed by atoms with Crippen LogP contribution in [0.25, 0.3) is 0 Å². The second-order valence-electron chi connectivity index (χ2n) is 8.05. The highest BCUT2D eigenvalue weighted by Crippen LogP contribution is 2.34. The average molecular weight is 394 g/mol. The molecule has 3 rings (SSSR count). The van der Waals surface area contributed by atoms with Gasteiger partial charge in [-0.1, -0.05) is 6.42 Å². The molecule has 0 aliphatic heterocycles. The Kier molecular flexibility index (Phi) is 7.18. The van der Waals surface area contributed by atoms with Crippen LogP contribution < -0.4 is 11.1 Å². The van der Waals surface area contributed by atoms with Crippen LogP contribution in [0.3, 0.4) is 0 Å². The van der Waals surface area contributed by atoms with Gasteiger partial charge in [0.15, 0.2) is 6.36 Å². The van der Waals surface area contributed by atoms with E-state index in [0.717, 1.165) is 44.9 Å². The minimum atomic E-state index is -1.24. The van der Waals surface area contributed by atoms with Crippen LogP contribution in [0, 0.1) is 11.8 Å². The lowest BCUT2D eigenvalue weighted by Crippen LogP contribution is -2.31. The molecule has 2 aliphatic rings. The molecule has 4 N–H and O–H groups in total. The summed E-state index contributed by atoms with van der Waals surface area (Å²) in [5, 5.41) is 12.9. The molecule has 1 heterocycles. The van der Waals surface area contributed by atoms with Crippen LogP contribution in [0.2, 0.25) is 0 Å². The molecule has 0 bridgehead atoms. The van der Waals surface area contributed by atoms with Gasteiger partial charge in [0.05, 0.1) is 17.4 Å². The van der Waals surface area contributed by atoms with E-state index in [1.54, 1.807) is 0 Å². The zero-order valence-corrected chi connectivity index (χ0v) is 16.4. The highest BCUT2D eigenvalue weighted by molar-refractivity contribution is 5.93. The molecule has 3 atom stereocenters. The molecule has 1 aromatic rings. The Bertz CT molecular complexity index is 665. The van der Waals surface area contributed by atoms with Gasteiger partial charge in [-0.2, -0.15) is 0 Å². The topological polar surface area (TPSA) is 110 Å². The van der Waals surface area contributed by atoms with Gasteiger partial charge in [-0.05, 0) is 63.7 Å². The number of alkyl halides is 1. The molecule has 2 fully saturated rings. The Hall–Kier alpha value is -1.80. The van der Waals surface area contributed by atoms with Gasteiger partial charge in [0.25, 0.3) is 5.91 Å². The van der Waals surface area contributed by atoms with Crippen LogP contribution in [0.5, 0.6) is 0 Å². The number of halogens is 1. The number of ether oxygens (including phenoxy) is 1. The second kappa shape index (κ2) is 9.60. The van der Waals surface area contributed by atoms with Crippen LogP contribution in [-0.2, 0) is 11.2 Å². The number of aliphatic hydroxyl groups is 1. The summed E-state index contributed by atoms with van der Waals surface area (Å²) < 4.78 is 18.2. The zero-order chi connectivity index (χ0) is 20.1. The quantitative estimate of drug-likeness (QED) is 0.625. The molecule has 0 saturated heterocycles. The van der Waals surface area contributed by atoms with Crippen LogP contribution >= 0.6 is 0 Å². The molecule has 156 valence electrons. The Morgan fingerprint density at radius 3 is 2.68 bits per heavy atom. The highest BCUT2D eigenvalue weighted by atomic mass is 19.1. The smallest absolute Gasteiger partial charge is 0.252 e. The van der Waals surface area contributed by atoms with E-state index in [0.29, 0.717) is 29.5 Å². The van der Waals surface area contributed by atoms with E-state index in [1.807, 2.05) is 0 Å². The highest BCUT2D eigenvalue weighted by Gasteiger charge is 2.29. The fourth-order valence-electron chi connectivity index (χ4n) is 4.51. The number of anilines is 1. The van der Waals surface area contributed by atoms with Gasteiger partial charge in [-0.15, -0.1) is 0 Å². The van der Waals surface area contributed by atoms with Crippen LogP contribution in [-0.4, -0.2) is 46.1 Å². The molecule has 0 aromatic carbocycles. The first-order valence-corrected chi connectivity index (χ1v) is 10.3. The van der Waals surface area contributed by atoms with E-state index < -0.39 is 12.3 Å². The summed E-state index contributed by atoms with van der Waals surface area (Å²) in [5.74, 6) is 0.515. The normalized spacial score (nSPS) is 28.8. The molecular formula is C20H31FN4O3. The minimum Gasteiger partial charge on any atom is -0.396 e. The number of hydrogen-bond acceptors (Lipinski definition) is 6. The van der Waals surface area contributed by atoms with Crippen molar-refractivity contribution in [3.05, 3.63) is 17.5 Å². The molecule has 7 nitrogen and oxygen atoms in total. The number of nitrogens with one attached hydrogen (secondary N) is 1. The molecule has 0 radical (unpaired) electrons. The minimum absolute atomic E-state index is 0.0375. The lowest BCUT2D eigenvalue weighted by Gasteiger charge is -2.29. The Labute approximate surface area is 165 Å². The van der Waals surface area contributed by atoms with Gasteiger partial charge in [0, 0.05) is 18.8 Å². The van der Waals surface area contributed by atoms with Crippen molar-refractivity contribution in [3.63, 3.8) is 0 Å². The number of hydrogen-bond donors (Lipinski definition) is 3. The number of carbonyl (C=O) groups is 1. The Morgan fingerprint density at radius 2 is 2.04 bits per heavy atom. The van der Waals surface area contributed by atoms with E-state index >= 15 is 0 Å². The molecule has 8 heteroatoms. The van der Waals surface area contributed by atoms with Crippen molar-refractivity contribution in [1.29, 1.82) is 0 Å². The molecule has 1 aromatic heterocycles. The number of carbonyl (C=O) groups excluding carboxylic acids is 1. The molecule has 2 aliphatic carbocycles. The molecule has 0 spiro atoms. The van der Waals surface area contributed by atoms with E-state index in [1.165, 1.54) is 13.1 Å². The number of rotatable bonds is 8. The summed E-state index contributed by atoms with van der Waals surface area (Å²) in [7, 11) is 0. The van der Waals surface area contributed by atoms with Crippen LogP contribution in [0.1, 0.15) is 67.9 Å². The predicted molar refractivity (Wildman–Crippen MR) is 103 cm³/mol. The summed E-state index contributed by atoms with van der Waals surface area (Å²) in [4.78, 5) is 20.7. The lowest BCUT2D eigenvalue weighted by molar-refractivity contribution is -0.0862. The Balaban J connectivity index is 1.65. The van der Waals surface area contributed by atoms with Gasteiger partial charge >= 0.3 is 0 Å². The molecule has 1 amide bonds. The number of nitrogens with zero attached hydrogens (tertiary/aromatic N) is 2. The monoisotopic (exact) mass is 394 g/mol. The predicted octanol–water partition coefficient (Wildman–Crippen LogP) is 2.58. The maximum absolute atomic E-state index is 13.0. The standard InChI is InChI=1S/C20H31FN4O3/c1-12(21)28-16-7-5-15(6-8-16)24-20-23-10-17(19(22)27)18(25-20)9-13-3-2-4-14(13)11-26/h10,12-16,26H,2-9,11H2,1H3,(H2,22,27)(H,23,24,25)/t12?,13-,14-,15?,16?/m0/s1. The third kappa shape index (κ3) is 5.38. The third-order valence-electron chi connectivity index (χ3n) is 6.03. The summed E-state index contributed by atoms with van der Waals surface area (Å²) in [6.45, 7) is 1.57. The number of aliphatic hydroxyl groups excluding tert-OH is 1. The van der Waals surface area contributed by atoms with Crippen molar-refractivity contribution >= 4 is 11.9 Å². The van der Waals surface area contributed by atoms with Crippen molar-refractivity contribution in [3.8, 4) is 0 Å². The number of primary amides is 1. The number of nitrogens with two attached hydrogens (primary N) is 1. The molecule has 2 saturated carbocycles. The van der Waals surface area contributed by atoms with Gasteiger partial charge in [-0.3, -0.25) is 4.79 Å². The van der Waals surface area contributed by atoms with Crippen molar-refractivity contribution in [2.75, 3.05) is 11.9 Å². The van der Waals surface area contributed by atoms with E-state index in [-0.39, 0.29) is 24.7 Å². The molecular weight excluding hydrogens is 363 g/mol. The number of amides is 1. The summed E-state index contributed by atoms with van der Waals surface area (Å²) >= 11 is 0. The average Bonchev–Trinajstić information content (AvgIpc) is 3.10. The molecule has 1 unspecified atom stereocenters. The van der Waals surface area contributed by atoms with Gasteiger partial charge in [0.2, 0.25) is 5.95 Å². The maximum atomic E-state index is 13.0. The fourth-order valence-corrected chi connectivity index (χ4v) is 4.51. The SMILES string of the molecule is CC(F)OC1CCC(Nc2ncc(C(N)=O)c(C[C@@H]3CCC[C@H]3CO)n2)CC1. The van der Waals surface area contributed by atoms with Crippen molar-refractivity contribution in [2.24, 2.45) is 17.6 Å². The maximum Gasteiger partial charge on any atom is 0.252 e. The van der Waals surface area contributed by atoms with E-state index in [4.69, 9.17) is 10.5 Å². The lowest BCUT2D eigenvalue weighted by atomic mass is 9.91. The fraction of sp³-hybridized carbons (Fsp3) is 0.750. The summed E-state index contributed by atoms with van der Waals surface area (Å²) in [6, 6.07) is 0.193. The summed E-state index contributed by atoms with van der Waals surface area (Å²) in [5.41, 5.74) is 6.51. The van der Waals surface area contributed by atoms with Gasteiger partial charge < -0.3 is 20.9 Å². The largest absolute Gasteiger partial charge is 0.396 e. The van der Waals surface area contributed by atoms with Crippen molar-refractivity contribution < 1.29 is 19.0 Å². The van der Waals surface area contributed by atoms with Crippen LogP contribution in [0.4, 0.5) is 10.3 Å². The van der Waals surface area contributed by atoms with E-state index in [9.17, 15) is 14.3 Å². The Morgan fingerprint density at radius 1 is 1.32 bits per heavy atom. The van der Waals surface area contributed by atoms with Crippen molar-refractivity contribution in [1.82, 2.24) is 9.97 Å². The van der Waals surface area contributed by atoms with Crippen molar-refractivity contribution in [2.45, 2.75) is 76.8 Å². The molecule has 28 heavy (non-hydrogen) atoms. The van der Waals surface area contributed by atoms with Gasteiger partial charge in [-0.25, -0.2) is 14.4 Å². The number of aromatic nitrogens is 2.